The van der Waals surface area contributed by atoms with Crippen molar-refractivity contribution in [2.24, 2.45) is 5.16 Å². The van der Waals surface area contributed by atoms with Crippen LogP contribution in [0.3, 0.4) is 0 Å². The van der Waals surface area contributed by atoms with Crippen molar-refractivity contribution in [1.29, 1.82) is 0 Å². The molecule has 2 aliphatic rings. The lowest BCUT2D eigenvalue weighted by Gasteiger charge is -2.50. The van der Waals surface area contributed by atoms with Gasteiger partial charge in [0, 0.05) is 35.5 Å². The number of imidazole rings is 1. The Kier molecular flexibility index (Phi) is 12.3. The molecule has 6 atom stereocenters. The zero-order chi connectivity index (χ0) is 35.1. The van der Waals surface area contributed by atoms with Crippen molar-refractivity contribution in [3.05, 3.63) is 47.8 Å². The number of aliphatic hydroxyl groups excluding tert-OH is 5. The number of nitrogens with two attached hydrogens (primary N) is 1. The number of β-lactam (4-membered cyclic amide) rings is 1. The van der Waals surface area contributed by atoms with Crippen LogP contribution < -0.4 is 26.0 Å². The largest absolute Gasteiger partial charge is 0.543 e. The van der Waals surface area contributed by atoms with E-state index in [0.717, 1.165) is 22.1 Å². The van der Waals surface area contributed by atoms with Crippen LogP contribution in [0.1, 0.15) is 5.82 Å². The maximum atomic E-state index is 13.0. The molecule has 9 N–H and O–H groups in total. The number of nitrogens with zero attached hydrogens (tertiary/aromatic N) is 7. The average Bonchev–Trinajstić information content (AvgIpc) is 3.70. The Morgan fingerprint density at radius 2 is 2.00 bits per heavy atom. The Balaban J connectivity index is 0.000000341. The lowest BCUT2D eigenvalue weighted by Crippen LogP contribution is -2.71. The number of nitrogens with one attached hydrogen (secondary N) is 2. The number of rotatable bonds is 13. The molecule has 1 fully saturated rings. The van der Waals surface area contributed by atoms with E-state index in [0.29, 0.717) is 11.3 Å². The average molecular weight is 711 g/mol. The van der Waals surface area contributed by atoms with Gasteiger partial charge in [0.05, 0.1) is 30.6 Å². The number of hydrogen-bond acceptors (Lipinski definition) is 18. The molecule has 2 aliphatic heterocycles. The van der Waals surface area contributed by atoms with Crippen molar-refractivity contribution in [2.75, 3.05) is 38.8 Å². The number of amides is 2. The topological polar surface area (TPSA) is 297 Å². The highest BCUT2D eigenvalue weighted by molar-refractivity contribution is 8.00. The van der Waals surface area contributed by atoms with Crippen molar-refractivity contribution in [3.63, 3.8) is 0 Å². The van der Waals surface area contributed by atoms with Crippen molar-refractivity contribution < 1.29 is 54.4 Å². The zero-order valence-corrected chi connectivity index (χ0v) is 27.1. The first-order valence-electron chi connectivity index (χ1n) is 14.1. The summed E-state index contributed by atoms with van der Waals surface area (Å²) >= 11 is 2.21. The number of carboxylic acid groups (broad SMARTS) is 1. The summed E-state index contributed by atoms with van der Waals surface area (Å²) in [6.45, 7) is -0.339. The van der Waals surface area contributed by atoms with Gasteiger partial charge < -0.3 is 56.6 Å². The van der Waals surface area contributed by atoms with E-state index in [4.69, 9.17) is 31.0 Å². The summed E-state index contributed by atoms with van der Waals surface area (Å²) in [4.78, 5) is 47.6. The molecular formula is C26H34N10O10S2. The minimum atomic E-state index is -1.55. The third kappa shape index (κ3) is 7.87. The number of thioether (sulfide) groups is 1. The maximum Gasteiger partial charge on any atom is 0.307 e. The number of likely N-dealkylation sites (N-methyl/N-ethyl adjacent to an activating group) is 1. The molecule has 0 aliphatic carbocycles. The van der Waals surface area contributed by atoms with E-state index in [1.165, 1.54) is 18.9 Å². The molecule has 3 aromatic rings. The molecule has 0 saturated carbocycles. The van der Waals surface area contributed by atoms with Crippen LogP contribution in [0.5, 0.6) is 0 Å². The number of aliphatic hydroxyl groups is 5. The SMILES string of the molecule is CNC[C@H](O)[C@@H](O)[C@H](O)[C@H](O)CO.CO/N=C(\C(=O)N[C@@H]1C(=O)N2C(C(=O)[O-])=C(C[n+]3ccn4ncccc43)CS[C@H]12)c1nsc(N)n1. The third-order valence-electron chi connectivity index (χ3n) is 7.12. The molecule has 2 amide bonds. The van der Waals surface area contributed by atoms with Gasteiger partial charge in [-0.3, -0.25) is 14.5 Å². The number of carboxylic acids is 1. The minimum Gasteiger partial charge on any atom is -0.543 e. The Labute approximate surface area is 280 Å². The monoisotopic (exact) mass is 710 g/mol. The summed E-state index contributed by atoms with van der Waals surface area (Å²) in [5.41, 5.74) is 6.39. The van der Waals surface area contributed by atoms with Crippen molar-refractivity contribution in [1.82, 2.24) is 34.5 Å². The standard InChI is InChI=1S/C19H17N9O5S2.C7H17NO5/c1-33-24-11(14-23-19(20)35-25-14)15(29)22-12-16(30)28-13(18(31)32)9(8-34-17(12)28)7-26-5-6-27-10(26)3-2-4-21-27;1-8-2-4(10)6(12)7(13)5(11)3-9/h2-6,12,17H,7-8H2,1H3,(H3-,20,22,23,25,29,31,32);4-13H,2-3H2,1H3/b24-11-;/t12-,17-;4-,5+,6+,7+/m10/s1. The number of carbonyl (C=O) groups excluding carboxylic acids is 3. The van der Waals surface area contributed by atoms with Crippen LogP contribution >= 0.6 is 23.3 Å². The summed E-state index contributed by atoms with van der Waals surface area (Å²) in [5.74, 6) is -2.53. The van der Waals surface area contributed by atoms with Gasteiger partial charge >= 0.3 is 5.65 Å². The first-order valence-corrected chi connectivity index (χ1v) is 15.9. The third-order valence-corrected chi connectivity index (χ3v) is 9.00. The second-order valence-corrected chi connectivity index (χ2v) is 12.2. The smallest absolute Gasteiger partial charge is 0.307 e. The normalized spacial score (nSPS) is 20.2. The lowest BCUT2D eigenvalue weighted by atomic mass is 10.0. The number of nitrogen functional groups attached to an aromatic ring is 1. The quantitative estimate of drug-likeness (QED) is 0.0355. The summed E-state index contributed by atoms with van der Waals surface area (Å²) in [5, 5.41) is 69.4. The highest BCUT2D eigenvalue weighted by Gasteiger charge is 2.53. The molecule has 5 rings (SSSR count). The Hall–Kier alpha value is -4.29. The molecule has 22 heteroatoms. The molecule has 5 heterocycles. The lowest BCUT2D eigenvalue weighted by molar-refractivity contribution is -0.662. The number of anilines is 1. The molecule has 0 aromatic carbocycles. The van der Waals surface area contributed by atoms with Gasteiger partial charge in [-0.25, -0.2) is 4.57 Å². The van der Waals surface area contributed by atoms with Gasteiger partial charge in [-0.1, -0.05) is 10.3 Å². The molecule has 3 aromatic heterocycles. The van der Waals surface area contributed by atoms with Crippen LogP contribution in [0, 0.1) is 0 Å². The summed E-state index contributed by atoms with van der Waals surface area (Å²) in [7, 11) is 2.82. The number of aliphatic carboxylic acids is 1. The van der Waals surface area contributed by atoms with Crippen LogP contribution in [0.15, 0.2) is 47.1 Å². The molecule has 0 spiro atoms. The number of aromatic nitrogens is 5. The Bertz CT molecular complexity index is 1680. The molecule has 260 valence electrons. The summed E-state index contributed by atoms with van der Waals surface area (Å²) in [6, 6.07) is 2.64. The molecule has 0 unspecified atom stereocenters. The van der Waals surface area contributed by atoms with Crippen LogP contribution in [-0.2, 0) is 25.8 Å². The van der Waals surface area contributed by atoms with Crippen molar-refractivity contribution in [3.8, 4) is 0 Å². The van der Waals surface area contributed by atoms with Gasteiger partial charge in [-0.05, 0) is 13.1 Å². The van der Waals surface area contributed by atoms with Gasteiger partial charge in [0.1, 0.15) is 49.6 Å². The van der Waals surface area contributed by atoms with E-state index in [1.807, 2.05) is 10.6 Å². The van der Waals surface area contributed by atoms with E-state index < -0.39 is 60.2 Å². The Morgan fingerprint density at radius 3 is 2.62 bits per heavy atom. The Morgan fingerprint density at radius 1 is 1.27 bits per heavy atom. The van der Waals surface area contributed by atoms with Gasteiger partial charge in [-0.15, -0.1) is 16.3 Å². The van der Waals surface area contributed by atoms with Crippen LogP contribution in [0.25, 0.3) is 5.65 Å². The van der Waals surface area contributed by atoms with Gasteiger partial charge in [0.25, 0.3) is 11.8 Å². The van der Waals surface area contributed by atoms with Crippen LogP contribution in [0.4, 0.5) is 5.13 Å². The molecular weight excluding hydrogens is 676 g/mol. The summed E-state index contributed by atoms with van der Waals surface area (Å²) < 4.78 is 7.43. The van der Waals surface area contributed by atoms with E-state index in [-0.39, 0.29) is 35.5 Å². The highest BCUT2D eigenvalue weighted by Crippen LogP contribution is 2.40. The minimum absolute atomic E-state index is 0.0457. The van der Waals surface area contributed by atoms with E-state index in [9.17, 15) is 24.6 Å². The second-order valence-electron chi connectivity index (χ2n) is 10.3. The van der Waals surface area contributed by atoms with Crippen LogP contribution in [-0.4, -0.2) is 142 Å². The fourth-order valence-corrected chi connectivity index (χ4v) is 6.55. The fourth-order valence-electron chi connectivity index (χ4n) is 4.78. The predicted molar refractivity (Wildman–Crippen MR) is 165 cm³/mol. The number of oxime groups is 1. The van der Waals surface area contributed by atoms with Crippen molar-refractivity contribution >= 4 is 57.6 Å². The number of fused-ring (bicyclic) bond motifs is 2. The van der Waals surface area contributed by atoms with E-state index >= 15 is 0 Å². The summed E-state index contributed by atoms with van der Waals surface area (Å²) in [6.07, 6.45) is -0.488. The predicted octanol–water partition coefficient (Wildman–Crippen LogP) is -5.85. The second kappa shape index (κ2) is 16.2. The maximum absolute atomic E-state index is 13.0. The number of carbonyl (C=O) groups is 3. The molecule has 1 saturated heterocycles. The van der Waals surface area contributed by atoms with Crippen molar-refractivity contribution in [2.45, 2.75) is 42.4 Å². The van der Waals surface area contributed by atoms with E-state index in [2.05, 4.69) is 30.2 Å². The number of hydrogen-bond donors (Lipinski definition) is 8. The molecule has 20 nitrogen and oxygen atoms in total. The molecule has 48 heavy (non-hydrogen) atoms. The highest BCUT2D eigenvalue weighted by atomic mass is 32.2. The fraction of sp³-hybridized carbons (Fsp3) is 0.462. The zero-order valence-electron chi connectivity index (χ0n) is 25.5. The van der Waals surface area contributed by atoms with Crippen LogP contribution in [0.2, 0.25) is 0 Å². The molecule has 0 radical (unpaired) electrons. The first-order chi connectivity index (χ1) is 22.9. The van der Waals surface area contributed by atoms with Gasteiger partial charge in [-0.2, -0.15) is 9.36 Å². The van der Waals surface area contributed by atoms with Gasteiger partial charge in [0.2, 0.25) is 11.5 Å². The van der Waals surface area contributed by atoms with Gasteiger partial charge in [0.15, 0.2) is 11.3 Å². The van der Waals surface area contributed by atoms with E-state index in [1.54, 1.807) is 36.2 Å². The first kappa shape index (κ1) is 36.5. The molecule has 0 bridgehead atoms.